The van der Waals surface area contributed by atoms with Gasteiger partial charge in [0.25, 0.3) is 11.8 Å². The Labute approximate surface area is 219 Å². The molecule has 1 N–H and O–H groups in total. The number of nitrogens with one attached hydrogen (secondary N) is 1. The normalized spacial score (nSPS) is 14.9. The zero-order chi connectivity index (χ0) is 27.0. The van der Waals surface area contributed by atoms with Gasteiger partial charge in [-0.3, -0.25) is 14.3 Å². The van der Waals surface area contributed by atoms with Gasteiger partial charge >= 0.3 is 0 Å². The Hall–Kier alpha value is -4.58. The van der Waals surface area contributed by atoms with E-state index in [1.54, 1.807) is 42.3 Å². The fourth-order valence-electron chi connectivity index (χ4n) is 3.80. The molecule has 38 heavy (non-hydrogen) atoms. The second-order valence-electron chi connectivity index (χ2n) is 8.33. The predicted molar refractivity (Wildman–Crippen MR) is 132 cm³/mol. The first-order valence-electron chi connectivity index (χ1n) is 11.2. The van der Waals surface area contributed by atoms with Crippen LogP contribution in [0.25, 0.3) is 11.3 Å². The largest absolute Gasteiger partial charge is 0.489 e. The molecule has 10 nitrogen and oxygen atoms in total. The number of likely N-dealkylation sites (N-methyl/N-ethyl adjacent to an activating group) is 1. The monoisotopic (exact) mass is 540 g/mol. The van der Waals surface area contributed by atoms with Gasteiger partial charge in [-0.05, 0) is 30.3 Å². The summed E-state index contributed by atoms with van der Waals surface area (Å²) in [5.41, 5.74) is 0.0255. The molecule has 1 aliphatic rings. The Morgan fingerprint density at radius 2 is 1.97 bits per heavy atom. The van der Waals surface area contributed by atoms with Crippen molar-refractivity contribution < 1.29 is 27.8 Å². The number of carbonyl (C=O) groups excluding carboxylic acids is 2. The van der Waals surface area contributed by atoms with Gasteiger partial charge in [-0.2, -0.15) is 5.10 Å². The molecule has 0 saturated carbocycles. The van der Waals surface area contributed by atoms with Crippen molar-refractivity contribution in [2.45, 2.75) is 6.04 Å². The van der Waals surface area contributed by atoms with Crippen molar-refractivity contribution in [2.24, 2.45) is 7.05 Å². The number of amides is 2. The maximum atomic E-state index is 14.3. The second-order valence-corrected chi connectivity index (χ2v) is 8.74. The van der Waals surface area contributed by atoms with Crippen LogP contribution in [0, 0.1) is 11.6 Å². The number of anilines is 1. The molecule has 194 valence electrons. The zero-order valence-electron chi connectivity index (χ0n) is 20.0. The van der Waals surface area contributed by atoms with E-state index in [0.29, 0.717) is 22.9 Å². The lowest BCUT2D eigenvalue weighted by Gasteiger charge is -2.20. The molecule has 13 heteroatoms. The number of hydrogen-bond donors (Lipinski definition) is 1. The van der Waals surface area contributed by atoms with E-state index in [0.717, 1.165) is 24.4 Å². The molecule has 1 aliphatic heterocycles. The van der Waals surface area contributed by atoms with Gasteiger partial charge in [0.05, 0.1) is 35.0 Å². The van der Waals surface area contributed by atoms with E-state index in [1.165, 1.54) is 11.9 Å². The highest BCUT2D eigenvalue weighted by Gasteiger charge is 2.32. The summed E-state index contributed by atoms with van der Waals surface area (Å²) in [5, 5.41) is 6.50. The number of nitrogens with zero attached hydrogens (tertiary/aromatic N) is 5. The molecule has 2 aromatic heterocycles. The van der Waals surface area contributed by atoms with Crippen LogP contribution in [0.5, 0.6) is 17.2 Å². The van der Waals surface area contributed by atoms with Gasteiger partial charge in [0.1, 0.15) is 35.8 Å². The van der Waals surface area contributed by atoms with Gasteiger partial charge in [0.2, 0.25) is 5.82 Å². The van der Waals surface area contributed by atoms with Gasteiger partial charge in [-0.25, -0.2) is 18.7 Å². The summed E-state index contributed by atoms with van der Waals surface area (Å²) < 4.78 is 41.2. The molecule has 5 rings (SSSR count). The molecule has 0 saturated heterocycles. The average Bonchev–Trinajstić information content (AvgIpc) is 3.27. The minimum Gasteiger partial charge on any atom is -0.489 e. The van der Waals surface area contributed by atoms with E-state index in [1.807, 2.05) is 0 Å². The molecule has 0 spiro atoms. The van der Waals surface area contributed by atoms with Crippen molar-refractivity contribution in [3.8, 4) is 28.5 Å². The molecule has 0 unspecified atom stereocenters. The molecule has 0 radical (unpaired) electrons. The van der Waals surface area contributed by atoms with Crippen molar-refractivity contribution >= 4 is 29.1 Å². The number of halogens is 3. The van der Waals surface area contributed by atoms with E-state index in [-0.39, 0.29) is 22.9 Å². The van der Waals surface area contributed by atoms with Crippen LogP contribution >= 0.6 is 11.6 Å². The first-order chi connectivity index (χ1) is 18.2. The predicted octanol–water partition coefficient (Wildman–Crippen LogP) is 3.75. The molecule has 2 aromatic carbocycles. The first kappa shape index (κ1) is 25.1. The van der Waals surface area contributed by atoms with Crippen molar-refractivity contribution in [1.82, 2.24) is 25.1 Å². The lowest BCUT2D eigenvalue weighted by molar-refractivity contribution is -0.120. The molecular weight excluding hydrogens is 522 g/mol. The van der Waals surface area contributed by atoms with Crippen LogP contribution in [0.1, 0.15) is 10.6 Å². The summed E-state index contributed by atoms with van der Waals surface area (Å²) in [4.78, 5) is 35.4. The highest BCUT2D eigenvalue weighted by molar-refractivity contribution is 6.33. The fourth-order valence-corrected chi connectivity index (χ4v) is 3.99. The van der Waals surface area contributed by atoms with Gasteiger partial charge in [-0.15, -0.1) is 0 Å². The van der Waals surface area contributed by atoms with E-state index in [4.69, 9.17) is 21.1 Å². The molecule has 1 atom stereocenters. The van der Waals surface area contributed by atoms with Gasteiger partial charge in [-0.1, -0.05) is 11.6 Å². The number of aryl methyl sites for hydroxylation is 1. The van der Waals surface area contributed by atoms with Crippen LogP contribution in [-0.4, -0.2) is 51.3 Å². The lowest BCUT2D eigenvalue weighted by Crippen LogP contribution is -2.49. The van der Waals surface area contributed by atoms with Crippen LogP contribution in [-0.2, 0) is 11.8 Å². The smallest absolute Gasteiger partial charge is 0.289 e. The molecular formula is C25H19ClF2N6O4. The molecule has 0 fully saturated rings. The third kappa shape index (κ3) is 4.98. The summed E-state index contributed by atoms with van der Waals surface area (Å²) in [6.45, 7) is -0.177. The van der Waals surface area contributed by atoms with E-state index in [9.17, 15) is 18.4 Å². The van der Waals surface area contributed by atoms with E-state index >= 15 is 0 Å². The molecule has 2 amide bonds. The van der Waals surface area contributed by atoms with Gasteiger partial charge < -0.3 is 19.7 Å². The molecule has 3 heterocycles. The van der Waals surface area contributed by atoms with Crippen LogP contribution in [0.4, 0.5) is 14.5 Å². The minimum atomic E-state index is -1.10. The van der Waals surface area contributed by atoms with Crippen LogP contribution < -0.4 is 19.7 Å². The SMILES string of the molecule is CN1C(=O)[C@@H](NC(=O)c2ncc(Cl)c(-c3cc(F)ccc3F)n2)COc2ccc(Oc3cnn(C)c3)cc21. The van der Waals surface area contributed by atoms with Crippen LogP contribution in [0.2, 0.25) is 5.02 Å². The Bertz CT molecular complexity index is 1560. The summed E-state index contributed by atoms with van der Waals surface area (Å²) in [7, 11) is 3.29. The maximum absolute atomic E-state index is 14.3. The van der Waals surface area contributed by atoms with Crippen molar-refractivity contribution in [1.29, 1.82) is 0 Å². The number of rotatable bonds is 5. The molecule has 0 aliphatic carbocycles. The van der Waals surface area contributed by atoms with Gasteiger partial charge in [0, 0.05) is 25.7 Å². The Morgan fingerprint density at radius 3 is 2.74 bits per heavy atom. The number of aromatic nitrogens is 4. The molecule has 4 aromatic rings. The van der Waals surface area contributed by atoms with Crippen molar-refractivity contribution in [3.63, 3.8) is 0 Å². The summed E-state index contributed by atoms with van der Waals surface area (Å²) in [6.07, 6.45) is 4.34. The highest BCUT2D eigenvalue weighted by atomic mass is 35.5. The number of benzene rings is 2. The Balaban J connectivity index is 1.35. The van der Waals surface area contributed by atoms with Crippen LogP contribution in [0.15, 0.2) is 55.0 Å². The number of ether oxygens (including phenoxy) is 2. The molecule has 0 bridgehead atoms. The van der Waals surface area contributed by atoms with Crippen LogP contribution in [0.3, 0.4) is 0 Å². The van der Waals surface area contributed by atoms with Crippen molar-refractivity contribution in [3.05, 3.63) is 77.5 Å². The summed E-state index contributed by atoms with van der Waals surface area (Å²) in [5.74, 6) is -1.81. The summed E-state index contributed by atoms with van der Waals surface area (Å²) >= 11 is 6.09. The van der Waals surface area contributed by atoms with Crippen molar-refractivity contribution in [2.75, 3.05) is 18.6 Å². The maximum Gasteiger partial charge on any atom is 0.289 e. The number of carbonyl (C=O) groups is 2. The third-order valence-corrected chi connectivity index (χ3v) is 5.96. The quantitative estimate of drug-likeness (QED) is 0.410. The lowest BCUT2D eigenvalue weighted by atomic mass is 10.1. The zero-order valence-corrected chi connectivity index (χ0v) is 20.7. The third-order valence-electron chi connectivity index (χ3n) is 5.68. The number of fused-ring (bicyclic) bond motifs is 1. The fraction of sp³-hybridized carbons (Fsp3) is 0.160. The minimum absolute atomic E-state index is 0.0839. The van der Waals surface area contributed by atoms with E-state index < -0.39 is 35.3 Å². The standard InChI is InChI=1S/C25H19ClF2N6O4/c1-33-11-15(9-30-33)38-14-4-6-21-20(8-14)34(2)25(36)19(12-37-21)31-24(35)23-29-10-17(26)22(32-23)16-7-13(27)3-5-18(16)28/h3-11,19H,12H2,1-2H3,(H,31,35)/t19-/m0/s1. The first-order valence-corrected chi connectivity index (χ1v) is 11.6. The topological polar surface area (TPSA) is 111 Å². The van der Waals surface area contributed by atoms with E-state index in [2.05, 4.69) is 20.4 Å². The Morgan fingerprint density at radius 1 is 1.16 bits per heavy atom. The highest BCUT2D eigenvalue weighted by Crippen LogP contribution is 2.36. The summed E-state index contributed by atoms with van der Waals surface area (Å²) in [6, 6.07) is 6.64. The average molecular weight is 541 g/mol. The Kier molecular flexibility index (Phi) is 6.64. The second kappa shape index (κ2) is 10.1. The number of hydrogen-bond acceptors (Lipinski definition) is 7. The van der Waals surface area contributed by atoms with Gasteiger partial charge in [0.15, 0.2) is 5.75 Å².